The highest BCUT2D eigenvalue weighted by molar-refractivity contribution is 8.18. The summed E-state index contributed by atoms with van der Waals surface area (Å²) >= 11 is 7.11. The lowest BCUT2D eigenvalue weighted by Crippen LogP contribution is -2.49. The number of benzene rings is 3. The van der Waals surface area contributed by atoms with E-state index in [4.69, 9.17) is 11.6 Å². The van der Waals surface area contributed by atoms with Crippen LogP contribution in [-0.4, -0.2) is 57.9 Å². The lowest BCUT2D eigenvalue weighted by atomic mass is 10.1. The quantitative estimate of drug-likeness (QED) is 0.350. The maximum Gasteiger partial charge on any atom is 0.293 e. The molecule has 1 atom stereocenters. The van der Waals surface area contributed by atoms with Crippen LogP contribution in [0, 0.1) is 0 Å². The van der Waals surface area contributed by atoms with Crippen LogP contribution in [-0.2, 0) is 11.3 Å². The first-order valence-corrected chi connectivity index (χ1v) is 13.8. The molecule has 0 radical (unpaired) electrons. The fraction of sp³-hybridized carbons (Fsp3) is 0.233. The first-order valence-electron chi connectivity index (χ1n) is 12.6. The maximum atomic E-state index is 13.1. The molecule has 38 heavy (non-hydrogen) atoms. The lowest BCUT2D eigenvalue weighted by molar-refractivity contribution is -0.123. The number of halogens is 1. The number of imide groups is 1. The number of carbonyl (C=O) groups is 3. The van der Waals surface area contributed by atoms with Crippen molar-refractivity contribution in [2.75, 3.05) is 26.2 Å². The zero-order chi connectivity index (χ0) is 26.6. The van der Waals surface area contributed by atoms with Crippen molar-refractivity contribution in [1.29, 1.82) is 0 Å². The summed E-state index contributed by atoms with van der Waals surface area (Å²) in [7, 11) is 0. The third-order valence-corrected chi connectivity index (χ3v) is 8.32. The van der Waals surface area contributed by atoms with Crippen LogP contribution < -0.4 is 0 Å². The number of thioether (sulfide) groups is 1. The molecule has 3 amide bonds. The lowest BCUT2D eigenvalue weighted by Gasteiger charge is -2.38. The Morgan fingerprint density at radius 2 is 1.58 bits per heavy atom. The van der Waals surface area contributed by atoms with Gasteiger partial charge in [-0.2, -0.15) is 0 Å². The highest BCUT2D eigenvalue weighted by Crippen LogP contribution is 2.34. The Kier molecular flexibility index (Phi) is 7.98. The molecular formula is C30H28ClN3O3S. The van der Waals surface area contributed by atoms with Gasteiger partial charge in [0.1, 0.15) is 0 Å². The molecular weight excluding hydrogens is 518 g/mol. The predicted molar refractivity (Wildman–Crippen MR) is 152 cm³/mol. The normalized spacial score (nSPS) is 18.3. The van der Waals surface area contributed by atoms with Gasteiger partial charge in [0, 0.05) is 42.8 Å². The molecule has 6 nitrogen and oxygen atoms in total. The van der Waals surface area contributed by atoms with Crippen LogP contribution in [0.15, 0.2) is 83.8 Å². The summed E-state index contributed by atoms with van der Waals surface area (Å²) in [5.41, 5.74) is 3.37. The van der Waals surface area contributed by atoms with Crippen molar-refractivity contribution in [1.82, 2.24) is 14.7 Å². The van der Waals surface area contributed by atoms with Gasteiger partial charge in [0.2, 0.25) is 0 Å². The molecule has 2 saturated heterocycles. The number of hydrogen-bond donors (Lipinski definition) is 0. The monoisotopic (exact) mass is 545 g/mol. The minimum absolute atomic E-state index is 0.00336. The van der Waals surface area contributed by atoms with Crippen LogP contribution in [0.2, 0.25) is 5.02 Å². The second kappa shape index (κ2) is 11.6. The van der Waals surface area contributed by atoms with Crippen LogP contribution in [0.25, 0.3) is 6.08 Å². The van der Waals surface area contributed by atoms with Crippen LogP contribution in [0.1, 0.15) is 40.0 Å². The molecule has 2 aliphatic heterocycles. The number of amides is 3. The SMILES string of the molecule is CC(c1ccccc1)N1CCN(C(=O)c2ccc(/C=C3\SC(=O)N(Cc4ccccc4Cl)C3=O)cc2)CC1. The second-order valence-corrected chi connectivity index (χ2v) is 10.8. The predicted octanol–water partition coefficient (Wildman–Crippen LogP) is 6.10. The van der Waals surface area contributed by atoms with Gasteiger partial charge in [-0.05, 0) is 59.7 Å². The fourth-order valence-electron chi connectivity index (χ4n) is 4.74. The van der Waals surface area contributed by atoms with Crippen molar-refractivity contribution in [3.05, 3.63) is 111 Å². The van der Waals surface area contributed by atoms with Crippen LogP contribution in [0.4, 0.5) is 4.79 Å². The van der Waals surface area contributed by atoms with E-state index in [0.717, 1.165) is 36.0 Å². The summed E-state index contributed by atoms with van der Waals surface area (Å²) in [6.07, 6.45) is 1.69. The fourth-order valence-corrected chi connectivity index (χ4v) is 5.78. The molecule has 0 aliphatic carbocycles. The molecule has 2 fully saturated rings. The molecule has 8 heteroatoms. The third-order valence-electron chi connectivity index (χ3n) is 7.05. The Labute approximate surface area is 231 Å². The van der Waals surface area contributed by atoms with Gasteiger partial charge < -0.3 is 4.90 Å². The molecule has 3 aromatic rings. The molecule has 0 bridgehead atoms. The Morgan fingerprint density at radius 1 is 0.921 bits per heavy atom. The summed E-state index contributed by atoms with van der Waals surface area (Å²) in [6, 6.07) is 25.1. The summed E-state index contributed by atoms with van der Waals surface area (Å²) in [5, 5.41) is 0.191. The van der Waals surface area contributed by atoms with Crippen LogP contribution >= 0.6 is 23.4 Å². The zero-order valence-corrected chi connectivity index (χ0v) is 22.6. The molecule has 0 spiro atoms. The Bertz CT molecular complexity index is 1370. The van der Waals surface area contributed by atoms with Crippen LogP contribution in [0.5, 0.6) is 0 Å². The zero-order valence-electron chi connectivity index (χ0n) is 21.0. The standard InChI is InChI=1S/C30H28ClN3O3S/c1-21(23-7-3-2-4-8-23)32-15-17-33(18-16-32)28(35)24-13-11-22(12-14-24)19-27-29(36)34(30(37)38-27)20-25-9-5-6-10-26(25)31/h2-14,19,21H,15-18,20H2,1H3/b27-19-. The summed E-state index contributed by atoms with van der Waals surface area (Å²) in [5.74, 6) is -0.341. The van der Waals surface area contributed by atoms with E-state index in [2.05, 4.69) is 36.1 Å². The van der Waals surface area contributed by atoms with Gasteiger partial charge >= 0.3 is 0 Å². The van der Waals surface area contributed by atoms with Gasteiger partial charge in [-0.1, -0.05) is 72.3 Å². The van der Waals surface area contributed by atoms with E-state index in [1.165, 1.54) is 10.5 Å². The average molecular weight is 546 g/mol. The Morgan fingerprint density at radius 3 is 2.26 bits per heavy atom. The van der Waals surface area contributed by atoms with Crippen molar-refractivity contribution in [2.45, 2.75) is 19.5 Å². The third kappa shape index (κ3) is 5.70. The molecule has 3 aromatic carbocycles. The van der Waals surface area contributed by atoms with Gasteiger partial charge in [0.15, 0.2) is 0 Å². The van der Waals surface area contributed by atoms with Crippen molar-refractivity contribution < 1.29 is 14.4 Å². The minimum atomic E-state index is -0.345. The molecule has 0 saturated carbocycles. The van der Waals surface area contributed by atoms with E-state index in [1.54, 1.807) is 36.4 Å². The number of rotatable bonds is 6. The van der Waals surface area contributed by atoms with E-state index in [9.17, 15) is 14.4 Å². The second-order valence-electron chi connectivity index (χ2n) is 9.40. The molecule has 2 aliphatic rings. The first kappa shape index (κ1) is 26.2. The number of nitrogens with zero attached hydrogens (tertiary/aromatic N) is 3. The molecule has 0 N–H and O–H groups in total. The number of piperazine rings is 1. The van der Waals surface area contributed by atoms with Crippen molar-refractivity contribution >= 4 is 46.5 Å². The molecule has 194 valence electrons. The molecule has 1 unspecified atom stereocenters. The smallest absolute Gasteiger partial charge is 0.293 e. The Balaban J connectivity index is 1.19. The number of hydrogen-bond acceptors (Lipinski definition) is 5. The van der Waals surface area contributed by atoms with E-state index in [-0.39, 0.29) is 23.6 Å². The van der Waals surface area contributed by atoms with Crippen molar-refractivity contribution in [3.63, 3.8) is 0 Å². The van der Waals surface area contributed by atoms with E-state index in [0.29, 0.717) is 34.6 Å². The number of carbonyl (C=O) groups excluding carboxylic acids is 3. The highest BCUT2D eigenvalue weighted by Gasteiger charge is 2.35. The summed E-state index contributed by atoms with van der Waals surface area (Å²) < 4.78 is 0. The van der Waals surface area contributed by atoms with Gasteiger partial charge in [0.05, 0.1) is 11.4 Å². The van der Waals surface area contributed by atoms with Crippen LogP contribution in [0.3, 0.4) is 0 Å². The van der Waals surface area contributed by atoms with Crippen molar-refractivity contribution in [3.8, 4) is 0 Å². The summed E-state index contributed by atoms with van der Waals surface area (Å²) in [6.45, 7) is 5.34. The van der Waals surface area contributed by atoms with Crippen molar-refractivity contribution in [2.24, 2.45) is 0 Å². The molecule has 5 rings (SSSR count). The average Bonchev–Trinajstić information content (AvgIpc) is 3.21. The highest BCUT2D eigenvalue weighted by atomic mass is 35.5. The molecule has 0 aromatic heterocycles. The van der Waals surface area contributed by atoms with Gasteiger partial charge in [-0.3, -0.25) is 24.2 Å². The van der Waals surface area contributed by atoms with Gasteiger partial charge in [0.25, 0.3) is 17.1 Å². The first-order chi connectivity index (χ1) is 18.4. The molecule has 2 heterocycles. The van der Waals surface area contributed by atoms with E-state index in [1.807, 2.05) is 29.2 Å². The topological polar surface area (TPSA) is 60.9 Å². The van der Waals surface area contributed by atoms with Gasteiger partial charge in [-0.25, -0.2) is 0 Å². The maximum absolute atomic E-state index is 13.1. The minimum Gasteiger partial charge on any atom is -0.336 e. The van der Waals surface area contributed by atoms with Gasteiger partial charge in [-0.15, -0.1) is 0 Å². The van der Waals surface area contributed by atoms with E-state index < -0.39 is 0 Å². The summed E-state index contributed by atoms with van der Waals surface area (Å²) in [4.78, 5) is 44.3. The van der Waals surface area contributed by atoms with E-state index >= 15 is 0 Å². The Hall–Kier alpha value is -3.39. The largest absolute Gasteiger partial charge is 0.336 e.